The van der Waals surface area contributed by atoms with Crippen LogP contribution in [0, 0.1) is 6.92 Å². The third-order valence-corrected chi connectivity index (χ3v) is 1.93. The number of ether oxygens (including phenoxy) is 1. The van der Waals surface area contributed by atoms with E-state index in [0.717, 1.165) is 5.69 Å². The van der Waals surface area contributed by atoms with Crippen molar-refractivity contribution in [3.63, 3.8) is 0 Å². The Hall–Kier alpha value is -2.24. The Labute approximate surface area is 112 Å². The Morgan fingerprint density at radius 3 is 2.63 bits per heavy atom. The number of hydrogen-bond donors (Lipinski definition) is 1. The Morgan fingerprint density at radius 2 is 2.11 bits per heavy atom. The SMILES string of the molecule is Cc1cncc(C(=C/N)/C=N/C(=O)OC(C)(C)C)n1. The smallest absolute Gasteiger partial charge is 0.434 e. The van der Waals surface area contributed by atoms with Crippen LogP contribution in [0.15, 0.2) is 23.6 Å². The number of nitrogens with zero attached hydrogens (tertiary/aromatic N) is 3. The fourth-order valence-corrected chi connectivity index (χ4v) is 1.21. The second-order valence-electron chi connectivity index (χ2n) is 4.91. The van der Waals surface area contributed by atoms with Crippen molar-refractivity contribution in [3.8, 4) is 0 Å². The molecule has 1 amide bonds. The summed E-state index contributed by atoms with van der Waals surface area (Å²) in [6.07, 6.45) is 5.14. The van der Waals surface area contributed by atoms with Gasteiger partial charge in [0.25, 0.3) is 0 Å². The molecular formula is C13H18N4O2. The summed E-state index contributed by atoms with van der Waals surface area (Å²) in [4.78, 5) is 23.4. The number of amides is 1. The van der Waals surface area contributed by atoms with Crippen molar-refractivity contribution >= 4 is 17.9 Å². The molecule has 0 atom stereocenters. The molecule has 0 unspecified atom stereocenters. The van der Waals surface area contributed by atoms with Gasteiger partial charge in [0.05, 0.1) is 17.6 Å². The largest absolute Gasteiger partial charge is 0.442 e. The number of hydrogen-bond acceptors (Lipinski definition) is 5. The molecule has 2 N–H and O–H groups in total. The van der Waals surface area contributed by atoms with Gasteiger partial charge in [-0.05, 0) is 27.7 Å². The molecular weight excluding hydrogens is 244 g/mol. The van der Waals surface area contributed by atoms with Gasteiger partial charge in [-0.25, -0.2) is 9.78 Å². The van der Waals surface area contributed by atoms with Crippen molar-refractivity contribution in [1.29, 1.82) is 0 Å². The van der Waals surface area contributed by atoms with Crippen molar-refractivity contribution in [3.05, 3.63) is 30.0 Å². The van der Waals surface area contributed by atoms with E-state index in [4.69, 9.17) is 10.5 Å². The first-order valence-electron chi connectivity index (χ1n) is 5.80. The van der Waals surface area contributed by atoms with Crippen molar-refractivity contribution in [2.75, 3.05) is 0 Å². The van der Waals surface area contributed by atoms with Gasteiger partial charge in [0.1, 0.15) is 5.60 Å². The van der Waals surface area contributed by atoms with Crippen molar-refractivity contribution in [1.82, 2.24) is 9.97 Å². The van der Waals surface area contributed by atoms with E-state index >= 15 is 0 Å². The molecule has 0 saturated carbocycles. The first-order valence-corrected chi connectivity index (χ1v) is 5.80. The summed E-state index contributed by atoms with van der Waals surface area (Å²) in [6.45, 7) is 7.13. The lowest BCUT2D eigenvalue weighted by molar-refractivity contribution is 0.0605. The molecule has 0 spiro atoms. The monoisotopic (exact) mass is 262 g/mol. The van der Waals surface area contributed by atoms with Crippen LogP contribution in [0.2, 0.25) is 0 Å². The molecule has 0 fully saturated rings. The Kier molecular flexibility index (Phi) is 4.74. The number of carbonyl (C=O) groups is 1. The molecule has 0 aliphatic heterocycles. The van der Waals surface area contributed by atoms with E-state index in [-0.39, 0.29) is 0 Å². The average Bonchev–Trinajstić information content (AvgIpc) is 2.27. The fourth-order valence-electron chi connectivity index (χ4n) is 1.21. The zero-order valence-electron chi connectivity index (χ0n) is 11.5. The number of carbonyl (C=O) groups excluding carboxylic acids is 1. The van der Waals surface area contributed by atoms with E-state index < -0.39 is 11.7 Å². The Balaban J connectivity index is 2.82. The summed E-state index contributed by atoms with van der Waals surface area (Å²) < 4.78 is 5.05. The molecule has 6 heteroatoms. The maximum atomic E-state index is 11.5. The number of nitrogens with two attached hydrogens (primary N) is 1. The Morgan fingerprint density at radius 1 is 1.42 bits per heavy atom. The van der Waals surface area contributed by atoms with E-state index in [1.54, 1.807) is 33.2 Å². The highest BCUT2D eigenvalue weighted by Crippen LogP contribution is 2.10. The van der Waals surface area contributed by atoms with Gasteiger partial charge in [0, 0.05) is 24.2 Å². The minimum Gasteiger partial charge on any atom is -0.442 e. The van der Waals surface area contributed by atoms with Gasteiger partial charge in [-0.3, -0.25) is 4.98 Å². The predicted molar refractivity (Wildman–Crippen MR) is 73.7 cm³/mol. The number of aliphatic imine (C=N–C) groups is 1. The maximum absolute atomic E-state index is 11.5. The molecule has 0 bridgehead atoms. The molecule has 6 nitrogen and oxygen atoms in total. The van der Waals surface area contributed by atoms with Gasteiger partial charge in [0.2, 0.25) is 0 Å². The molecule has 102 valence electrons. The molecule has 0 aromatic carbocycles. The summed E-state index contributed by atoms with van der Waals surface area (Å²) >= 11 is 0. The summed E-state index contributed by atoms with van der Waals surface area (Å²) in [7, 11) is 0. The lowest BCUT2D eigenvalue weighted by Gasteiger charge is -2.17. The molecule has 0 aliphatic carbocycles. The summed E-state index contributed by atoms with van der Waals surface area (Å²) in [5, 5.41) is 0. The molecule has 0 radical (unpaired) electrons. The molecule has 1 heterocycles. The third kappa shape index (κ3) is 5.29. The third-order valence-electron chi connectivity index (χ3n) is 1.93. The first kappa shape index (κ1) is 14.8. The number of aryl methyl sites for hydroxylation is 1. The molecule has 1 aromatic rings. The maximum Gasteiger partial charge on any atom is 0.434 e. The average molecular weight is 262 g/mol. The standard InChI is InChI=1S/C13H18N4O2/c1-9-6-15-8-11(17-9)10(5-14)7-16-12(18)19-13(2,3)4/h5-8H,14H2,1-4H3/b10-5+,16-7+. The normalized spacial score (nSPS) is 12.7. The molecule has 0 aliphatic rings. The zero-order valence-corrected chi connectivity index (χ0v) is 11.5. The van der Waals surface area contributed by atoms with E-state index in [9.17, 15) is 4.79 Å². The van der Waals surface area contributed by atoms with Gasteiger partial charge in [-0.15, -0.1) is 0 Å². The van der Waals surface area contributed by atoms with Crippen molar-refractivity contribution < 1.29 is 9.53 Å². The number of rotatable bonds is 2. The van der Waals surface area contributed by atoms with Crippen LogP contribution in [0.5, 0.6) is 0 Å². The van der Waals surface area contributed by atoms with Crippen LogP contribution in [-0.4, -0.2) is 27.9 Å². The highest BCUT2D eigenvalue weighted by atomic mass is 16.6. The van der Waals surface area contributed by atoms with Crippen LogP contribution >= 0.6 is 0 Å². The molecule has 0 saturated heterocycles. The topological polar surface area (TPSA) is 90.5 Å². The lowest BCUT2D eigenvalue weighted by atomic mass is 10.2. The highest BCUT2D eigenvalue weighted by Gasteiger charge is 2.15. The van der Waals surface area contributed by atoms with Crippen molar-refractivity contribution in [2.45, 2.75) is 33.3 Å². The van der Waals surface area contributed by atoms with Crippen LogP contribution in [-0.2, 0) is 4.74 Å². The second-order valence-corrected chi connectivity index (χ2v) is 4.91. The molecule has 1 rings (SSSR count). The highest BCUT2D eigenvalue weighted by molar-refractivity contribution is 6.11. The number of aromatic nitrogens is 2. The van der Waals surface area contributed by atoms with E-state index in [1.165, 1.54) is 12.4 Å². The minimum atomic E-state index is -0.674. The van der Waals surface area contributed by atoms with Gasteiger partial charge in [0.15, 0.2) is 0 Å². The zero-order chi connectivity index (χ0) is 14.5. The lowest BCUT2D eigenvalue weighted by Crippen LogP contribution is -2.21. The van der Waals surface area contributed by atoms with Gasteiger partial charge >= 0.3 is 6.09 Å². The molecule has 1 aromatic heterocycles. The summed E-state index contributed by atoms with van der Waals surface area (Å²) in [6, 6.07) is 0. The van der Waals surface area contributed by atoms with Gasteiger partial charge in [-0.1, -0.05) is 0 Å². The van der Waals surface area contributed by atoms with Gasteiger partial charge in [-0.2, -0.15) is 4.99 Å². The van der Waals surface area contributed by atoms with Crippen LogP contribution < -0.4 is 5.73 Å². The van der Waals surface area contributed by atoms with Gasteiger partial charge < -0.3 is 10.5 Å². The van der Waals surface area contributed by atoms with E-state index in [2.05, 4.69) is 15.0 Å². The quantitative estimate of drug-likeness (QED) is 0.824. The second kappa shape index (κ2) is 6.08. The first-order chi connectivity index (χ1) is 8.81. The van der Waals surface area contributed by atoms with E-state index in [1.807, 2.05) is 6.92 Å². The summed E-state index contributed by atoms with van der Waals surface area (Å²) in [5.74, 6) is 0. The Bertz CT molecular complexity index is 516. The minimum absolute atomic E-state index is 0.502. The molecule has 19 heavy (non-hydrogen) atoms. The van der Waals surface area contributed by atoms with E-state index in [0.29, 0.717) is 11.3 Å². The van der Waals surface area contributed by atoms with Crippen LogP contribution in [0.3, 0.4) is 0 Å². The predicted octanol–water partition coefficient (Wildman–Crippen LogP) is 2.09. The van der Waals surface area contributed by atoms with Crippen LogP contribution in [0.25, 0.3) is 5.57 Å². The van der Waals surface area contributed by atoms with Crippen molar-refractivity contribution in [2.24, 2.45) is 10.7 Å². The number of allylic oxidation sites excluding steroid dienone is 1. The fraction of sp³-hybridized carbons (Fsp3) is 0.385. The van der Waals surface area contributed by atoms with Crippen LogP contribution in [0.1, 0.15) is 32.2 Å². The van der Waals surface area contributed by atoms with Crippen LogP contribution in [0.4, 0.5) is 4.79 Å². The summed E-state index contributed by atoms with van der Waals surface area (Å²) in [5.41, 5.74) is 6.72.